The van der Waals surface area contributed by atoms with Gasteiger partial charge in [0.15, 0.2) is 0 Å². The molecule has 2 aromatic rings. The van der Waals surface area contributed by atoms with Crippen molar-refractivity contribution in [1.82, 2.24) is 5.43 Å². The largest absolute Gasteiger partial charge is 0.326 e. The van der Waals surface area contributed by atoms with Gasteiger partial charge in [-0.15, -0.1) is 0 Å². The Morgan fingerprint density at radius 1 is 1.08 bits per heavy atom. The summed E-state index contributed by atoms with van der Waals surface area (Å²) in [6, 6.07) is 10.9. The van der Waals surface area contributed by atoms with Gasteiger partial charge in [0.1, 0.15) is 0 Å². The van der Waals surface area contributed by atoms with E-state index in [4.69, 9.17) is 23.2 Å². The zero-order valence-corrected chi connectivity index (χ0v) is 16.0. The molecule has 0 spiro atoms. The van der Waals surface area contributed by atoms with Crippen molar-refractivity contribution in [2.24, 2.45) is 5.10 Å². The van der Waals surface area contributed by atoms with Crippen LogP contribution in [0.1, 0.15) is 29.5 Å². The molecule has 0 atom stereocenters. The molecule has 0 saturated carbocycles. The van der Waals surface area contributed by atoms with Crippen LogP contribution in [0.3, 0.4) is 0 Å². The highest BCUT2D eigenvalue weighted by Crippen LogP contribution is 2.24. The van der Waals surface area contributed by atoms with Crippen LogP contribution in [0.5, 0.6) is 0 Å². The SMILES string of the molecule is Cc1ccc(NC(=O)CCC(=O)N/N=C\c2cccc(Cl)c2Cl)c(C)c1. The average Bonchev–Trinajstić information content (AvgIpc) is 2.59. The maximum absolute atomic E-state index is 12.0. The van der Waals surface area contributed by atoms with Gasteiger partial charge in [-0.25, -0.2) is 5.43 Å². The maximum Gasteiger partial charge on any atom is 0.240 e. The molecule has 0 aliphatic rings. The molecule has 0 aliphatic heterocycles. The quantitative estimate of drug-likeness (QED) is 0.562. The first-order valence-corrected chi connectivity index (χ1v) is 8.75. The van der Waals surface area contributed by atoms with Crippen LogP contribution in [-0.2, 0) is 9.59 Å². The lowest BCUT2D eigenvalue weighted by Crippen LogP contribution is -2.20. The molecule has 0 saturated heterocycles. The monoisotopic (exact) mass is 391 g/mol. The highest BCUT2D eigenvalue weighted by atomic mass is 35.5. The van der Waals surface area contributed by atoms with E-state index < -0.39 is 0 Å². The minimum Gasteiger partial charge on any atom is -0.326 e. The van der Waals surface area contributed by atoms with Crippen LogP contribution in [0, 0.1) is 13.8 Å². The van der Waals surface area contributed by atoms with Crippen molar-refractivity contribution in [3.05, 3.63) is 63.1 Å². The number of nitrogens with zero attached hydrogens (tertiary/aromatic N) is 1. The van der Waals surface area contributed by atoms with E-state index in [2.05, 4.69) is 15.8 Å². The van der Waals surface area contributed by atoms with E-state index in [0.29, 0.717) is 15.6 Å². The number of amides is 2. The minimum atomic E-state index is -0.366. The molecule has 0 unspecified atom stereocenters. The molecule has 2 amide bonds. The van der Waals surface area contributed by atoms with Gasteiger partial charge >= 0.3 is 0 Å². The summed E-state index contributed by atoms with van der Waals surface area (Å²) >= 11 is 11.9. The second-order valence-electron chi connectivity index (χ2n) is 5.80. The topological polar surface area (TPSA) is 70.6 Å². The number of carbonyl (C=O) groups excluding carboxylic acids is 2. The number of aryl methyl sites for hydroxylation is 2. The Kier molecular flexibility index (Phi) is 7.18. The molecule has 0 heterocycles. The van der Waals surface area contributed by atoms with Crippen molar-refractivity contribution in [2.45, 2.75) is 26.7 Å². The second-order valence-corrected chi connectivity index (χ2v) is 6.59. The molecule has 7 heteroatoms. The Bertz CT molecular complexity index is 851. The fourth-order valence-electron chi connectivity index (χ4n) is 2.24. The van der Waals surface area contributed by atoms with Gasteiger partial charge in [-0.1, -0.05) is 53.0 Å². The standard InChI is InChI=1S/C19H19Cl2N3O2/c1-12-6-7-16(13(2)10-12)23-17(25)8-9-18(26)24-22-11-14-4-3-5-15(20)19(14)21/h3-7,10-11H,8-9H2,1-2H3,(H,23,25)(H,24,26)/b22-11-. The van der Waals surface area contributed by atoms with Crippen LogP contribution >= 0.6 is 23.2 Å². The highest BCUT2D eigenvalue weighted by molar-refractivity contribution is 6.43. The number of hydrogen-bond donors (Lipinski definition) is 2. The fraction of sp³-hybridized carbons (Fsp3) is 0.211. The third-order valence-corrected chi connectivity index (χ3v) is 4.44. The zero-order chi connectivity index (χ0) is 19.1. The first-order valence-electron chi connectivity index (χ1n) is 8.00. The fourth-order valence-corrected chi connectivity index (χ4v) is 2.60. The van der Waals surface area contributed by atoms with Crippen LogP contribution in [0.4, 0.5) is 5.69 Å². The van der Waals surface area contributed by atoms with Crippen molar-refractivity contribution in [1.29, 1.82) is 0 Å². The van der Waals surface area contributed by atoms with Gasteiger partial charge in [0.05, 0.1) is 16.3 Å². The second kappa shape index (κ2) is 9.36. The normalized spacial score (nSPS) is 10.8. The minimum absolute atomic E-state index is 0.0252. The first kappa shape index (κ1) is 19.9. The molecule has 0 fully saturated rings. The Labute approximate surface area is 162 Å². The van der Waals surface area contributed by atoms with Gasteiger partial charge in [-0.05, 0) is 31.5 Å². The van der Waals surface area contributed by atoms with Crippen LogP contribution in [-0.4, -0.2) is 18.0 Å². The van der Waals surface area contributed by atoms with Gasteiger partial charge in [0, 0.05) is 24.1 Å². The van der Waals surface area contributed by atoms with Crippen molar-refractivity contribution >= 4 is 46.9 Å². The van der Waals surface area contributed by atoms with E-state index in [1.807, 2.05) is 32.0 Å². The summed E-state index contributed by atoms with van der Waals surface area (Å²) in [6.45, 7) is 3.91. The average molecular weight is 392 g/mol. The Hall–Kier alpha value is -2.37. The molecular weight excluding hydrogens is 373 g/mol. The Morgan fingerprint density at radius 3 is 2.54 bits per heavy atom. The van der Waals surface area contributed by atoms with Crippen LogP contribution in [0.15, 0.2) is 41.5 Å². The molecule has 5 nitrogen and oxygen atoms in total. The van der Waals surface area contributed by atoms with E-state index >= 15 is 0 Å². The van der Waals surface area contributed by atoms with Crippen LogP contribution < -0.4 is 10.7 Å². The van der Waals surface area contributed by atoms with Gasteiger partial charge in [0.25, 0.3) is 0 Å². The third-order valence-electron chi connectivity index (χ3n) is 3.61. The molecule has 2 rings (SSSR count). The van der Waals surface area contributed by atoms with Crippen molar-refractivity contribution in [3.63, 3.8) is 0 Å². The third kappa shape index (κ3) is 5.86. The molecule has 26 heavy (non-hydrogen) atoms. The Morgan fingerprint density at radius 2 is 1.81 bits per heavy atom. The van der Waals surface area contributed by atoms with E-state index in [-0.39, 0.29) is 24.7 Å². The number of halogens is 2. The van der Waals surface area contributed by atoms with Gasteiger partial charge in [-0.2, -0.15) is 5.10 Å². The summed E-state index contributed by atoms with van der Waals surface area (Å²) in [5, 5.41) is 7.40. The summed E-state index contributed by atoms with van der Waals surface area (Å²) in [5.41, 5.74) is 5.80. The number of hydrazone groups is 1. The summed E-state index contributed by atoms with van der Waals surface area (Å²) in [5.74, 6) is -0.593. The van der Waals surface area contributed by atoms with Crippen LogP contribution in [0.2, 0.25) is 10.0 Å². The molecule has 2 N–H and O–H groups in total. The number of carbonyl (C=O) groups is 2. The Balaban J connectivity index is 1.80. The van der Waals surface area contributed by atoms with Crippen molar-refractivity contribution < 1.29 is 9.59 Å². The molecule has 0 aliphatic carbocycles. The molecular formula is C19H19Cl2N3O2. The van der Waals surface area contributed by atoms with E-state index in [0.717, 1.165) is 16.8 Å². The van der Waals surface area contributed by atoms with Gasteiger partial charge in [-0.3, -0.25) is 9.59 Å². The first-order chi connectivity index (χ1) is 12.4. The highest BCUT2D eigenvalue weighted by Gasteiger charge is 2.08. The van der Waals surface area contributed by atoms with E-state index in [9.17, 15) is 9.59 Å². The molecule has 2 aromatic carbocycles. The van der Waals surface area contributed by atoms with E-state index in [1.165, 1.54) is 6.21 Å². The predicted molar refractivity (Wildman–Crippen MR) is 106 cm³/mol. The lowest BCUT2D eigenvalue weighted by atomic mass is 10.1. The molecule has 136 valence electrons. The predicted octanol–water partition coefficient (Wildman–Crippen LogP) is 4.48. The maximum atomic E-state index is 12.0. The van der Waals surface area contributed by atoms with Crippen LogP contribution in [0.25, 0.3) is 0 Å². The molecule has 0 aromatic heterocycles. The summed E-state index contributed by atoms with van der Waals surface area (Å²) in [6.07, 6.45) is 1.49. The summed E-state index contributed by atoms with van der Waals surface area (Å²) in [7, 11) is 0. The number of hydrogen-bond acceptors (Lipinski definition) is 3. The molecule has 0 radical (unpaired) electrons. The van der Waals surface area contributed by atoms with Gasteiger partial charge in [0.2, 0.25) is 11.8 Å². The van der Waals surface area contributed by atoms with Crippen molar-refractivity contribution in [3.8, 4) is 0 Å². The molecule has 0 bridgehead atoms. The van der Waals surface area contributed by atoms with Crippen molar-refractivity contribution in [2.75, 3.05) is 5.32 Å². The van der Waals surface area contributed by atoms with Gasteiger partial charge < -0.3 is 5.32 Å². The number of anilines is 1. The summed E-state index contributed by atoms with van der Waals surface area (Å²) in [4.78, 5) is 23.8. The zero-order valence-electron chi connectivity index (χ0n) is 14.5. The smallest absolute Gasteiger partial charge is 0.240 e. The summed E-state index contributed by atoms with van der Waals surface area (Å²) < 4.78 is 0. The number of benzene rings is 2. The number of nitrogens with one attached hydrogen (secondary N) is 2. The van der Waals surface area contributed by atoms with E-state index in [1.54, 1.807) is 18.2 Å². The number of rotatable bonds is 6. The lowest BCUT2D eigenvalue weighted by Gasteiger charge is -2.08. The lowest BCUT2D eigenvalue weighted by molar-refractivity contribution is -0.124.